The van der Waals surface area contributed by atoms with Crippen LogP contribution in [0.5, 0.6) is 11.5 Å². The lowest BCUT2D eigenvalue weighted by Crippen LogP contribution is -2.49. The molecule has 0 aromatic heterocycles. The standard InChI is InChI=1S/C24H30N2O3/c1-3-26(4-2)23(28)18-10-8-17(9-11-18)19-16-24(12-14-25-15-13-24)29-21-7-5-6-20(27)22(19)21/h5-11,19,25,27H,3-4,12-16H2,1-2H3. The van der Waals surface area contributed by atoms with Crippen LogP contribution in [0.3, 0.4) is 0 Å². The van der Waals surface area contributed by atoms with Gasteiger partial charge >= 0.3 is 0 Å². The van der Waals surface area contributed by atoms with Crippen LogP contribution < -0.4 is 10.1 Å². The van der Waals surface area contributed by atoms with Crippen molar-refractivity contribution in [1.82, 2.24) is 10.2 Å². The van der Waals surface area contributed by atoms with E-state index >= 15 is 0 Å². The molecule has 0 aliphatic carbocycles. The summed E-state index contributed by atoms with van der Waals surface area (Å²) in [6.07, 6.45) is 2.75. The predicted octanol–water partition coefficient (Wildman–Crippen LogP) is 3.91. The van der Waals surface area contributed by atoms with E-state index in [9.17, 15) is 9.90 Å². The highest BCUT2D eigenvalue weighted by Gasteiger charge is 2.43. The van der Waals surface area contributed by atoms with Gasteiger partial charge in [-0.1, -0.05) is 18.2 Å². The van der Waals surface area contributed by atoms with Gasteiger partial charge < -0.3 is 20.1 Å². The Kier molecular flexibility index (Phi) is 5.50. The topological polar surface area (TPSA) is 61.8 Å². The van der Waals surface area contributed by atoms with Crippen LogP contribution in [-0.4, -0.2) is 47.7 Å². The van der Waals surface area contributed by atoms with Gasteiger partial charge in [-0.3, -0.25) is 4.79 Å². The monoisotopic (exact) mass is 394 g/mol. The Morgan fingerprint density at radius 1 is 1.14 bits per heavy atom. The number of ether oxygens (including phenoxy) is 1. The first-order valence-electron chi connectivity index (χ1n) is 10.7. The number of carbonyl (C=O) groups is 1. The van der Waals surface area contributed by atoms with Gasteiger partial charge in [-0.05, 0) is 76.0 Å². The van der Waals surface area contributed by atoms with Gasteiger partial charge in [-0.15, -0.1) is 0 Å². The molecule has 29 heavy (non-hydrogen) atoms. The van der Waals surface area contributed by atoms with Gasteiger partial charge in [-0.25, -0.2) is 0 Å². The molecule has 154 valence electrons. The second-order valence-electron chi connectivity index (χ2n) is 8.08. The average molecular weight is 395 g/mol. The van der Waals surface area contributed by atoms with Gasteiger partial charge in [-0.2, -0.15) is 0 Å². The third-order valence-corrected chi connectivity index (χ3v) is 6.42. The molecule has 0 bridgehead atoms. The fourth-order valence-electron chi connectivity index (χ4n) is 4.75. The van der Waals surface area contributed by atoms with Crippen LogP contribution in [0.15, 0.2) is 42.5 Å². The SMILES string of the molecule is CCN(CC)C(=O)c1ccc(C2CC3(CCNCC3)Oc3cccc(O)c32)cc1. The van der Waals surface area contributed by atoms with E-state index in [2.05, 4.69) is 5.32 Å². The molecular weight excluding hydrogens is 364 g/mol. The van der Waals surface area contributed by atoms with Gasteiger partial charge in [0.05, 0.1) is 0 Å². The molecule has 1 atom stereocenters. The average Bonchev–Trinajstić information content (AvgIpc) is 2.74. The quantitative estimate of drug-likeness (QED) is 0.825. The molecule has 2 heterocycles. The zero-order chi connectivity index (χ0) is 20.4. The number of phenols is 1. The van der Waals surface area contributed by atoms with Crippen LogP contribution in [-0.2, 0) is 0 Å². The lowest BCUT2D eigenvalue weighted by molar-refractivity contribution is 0.0108. The Hall–Kier alpha value is -2.53. The number of carbonyl (C=O) groups excluding carboxylic acids is 1. The van der Waals surface area contributed by atoms with E-state index < -0.39 is 0 Å². The molecule has 2 aliphatic heterocycles. The summed E-state index contributed by atoms with van der Waals surface area (Å²) in [6, 6.07) is 13.4. The zero-order valence-electron chi connectivity index (χ0n) is 17.3. The van der Waals surface area contributed by atoms with E-state index in [0.717, 1.165) is 49.2 Å². The first-order chi connectivity index (χ1) is 14.1. The van der Waals surface area contributed by atoms with Crippen molar-refractivity contribution in [2.24, 2.45) is 0 Å². The number of nitrogens with zero attached hydrogens (tertiary/aromatic N) is 1. The van der Waals surface area contributed by atoms with Gasteiger partial charge in [0, 0.05) is 30.1 Å². The Morgan fingerprint density at radius 2 is 1.83 bits per heavy atom. The second kappa shape index (κ2) is 8.07. The number of rotatable bonds is 4. The summed E-state index contributed by atoms with van der Waals surface area (Å²) in [4.78, 5) is 14.5. The van der Waals surface area contributed by atoms with E-state index in [1.54, 1.807) is 6.07 Å². The first kappa shape index (κ1) is 19.8. The molecule has 2 aromatic carbocycles. The third-order valence-electron chi connectivity index (χ3n) is 6.42. The van der Waals surface area contributed by atoms with Gasteiger partial charge in [0.15, 0.2) is 0 Å². The fourth-order valence-corrected chi connectivity index (χ4v) is 4.75. The number of piperidine rings is 1. The Morgan fingerprint density at radius 3 is 2.48 bits per heavy atom. The number of hydrogen-bond acceptors (Lipinski definition) is 4. The summed E-state index contributed by atoms with van der Waals surface area (Å²) in [5, 5.41) is 14.0. The number of nitrogens with one attached hydrogen (secondary N) is 1. The molecular formula is C24H30N2O3. The van der Waals surface area contributed by atoms with Gasteiger partial charge in [0.1, 0.15) is 17.1 Å². The van der Waals surface area contributed by atoms with Crippen LogP contribution in [0, 0.1) is 0 Å². The molecule has 2 aromatic rings. The molecule has 0 radical (unpaired) electrons. The molecule has 5 nitrogen and oxygen atoms in total. The Balaban J connectivity index is 1.69. The van der Waals surface area contributed by atoms with E-state index in [4.69, 9.17) is 4.74 Å². The van der Waals surface area contributed by atoms with Crippen molar-refractivity contribution in [2.45, 2.75) is 44.6 Å². The minimum Gasteiger partial charge on any atom is -0.508 e. The molecule has 1 saturated heterocycles. The number of aromatic hydroxyl groups is 1. The molecule has 2 N–H and O–H groups in total. The normalized spacial score (nSPS) is 20.0. The van der Waals surface area contributed by atoms with Crippen LogP contribution >= 0.6 is 0 Å². The van der Waals surface area contributed by atoms with Crippen LogP contribution in [0.2, 0.25) is 0 Å². The molecule has 4 rings (SSSR count). The minimum atomic E-state index is -0.202. The van der Waals surface area contributed by atoms with Crippen LogP contribution in [0.25, 0.3) is 0 Å². The Labute approximate surface area is 172 Å². The second-order valence-corrected chi connectivity index (χ2v) is 8.08. The summed E-state index contributed by atoms with van der Waals surface area (Å²) in [6.45, 7) is 7.28. The largest absolute Gasteiger partial charge is 0.508 e. The number of amides is 1. The summed E-state index contributed by atoms with van der Waals surface area (Å²) in [5.74, 6) is 1.17. The summed E-state index contributed by atoms with van der Waals surface area (Å²) < 4.78 is 6.45. The maximum Gasteiger partial charge on any atom is 0.253 e. The first-order valence-corrected chi connectivity index (χ1v) is 10.7. The number of benzene rings is 2. The highest BCUT2D eigenvalue weighted by Crippen LogP contribution is 2.50. The molecule has 1 spiro atoms. The Bertz CT molecular complexity index is 868. The lowest BCUT2D eigenvalue weighted by Gasteiger charge is -2.45. The van der Waals surface area contributed by atoms with Crippen LogP contribution in [0.1, 0.15) is 60.5 Å². The van der Waals surface area contributed by atoms with E-state index in [0.29, 0.717) is 18.7 Å². The molecule has 1 fully saturated rings. The van der Waals surface area contributed by atoms with Crippen LogP contribution in [0.4, 0.5) is 0 Å². The van der Waals surface area contributed by atoms with Gasteiger partial charge in [0.25, 0.3) is 5.91 Å². The van der Waals surface area contributed by atoms with Crippen molar-refractivity contribution in [3.05, 3.63) is 59.2 Å². The fraction of sp³-hybridized carbons (Fsp3) is 0.458. The maximum atomic E-state index is 12.6. The zero-order valence-corrected chi connectivity index (χ0v) is 17.3. The summed E-state index contributed by atoms with van der Waals surface area (Å²) in [5.41, 5.74) is 2.48. The molecule has 2 aliphatic rings. The molecule has 0 saturated carbocycles. The van der Waals surface area contributed by atoms with Crippen molar-refractivity contribution in [3.63, 3.8) is 0 Å². The maximum absolute atomic E-state index is 12.6. The van der Waals surface area contributed by atoms with Crippen molar-refractivity contribution in [3.8, 4) is 11.5 Å². The molecule has 1 unspecified atom stereocenters. The predicted molar refractivity (Wildman–Crippen MR) is 114 cm³/mol. The molecule has 1 amide bonds. The van der Waals surface area contributed by atoms with Crippen molar-refractivity contribution < 1.29 is 14.6 Å². The highest BCUT2D eigenvalue weighted by molar-refractivity contribution is 5.94. The van der Waals surface area contributed by atoms with E-state index in [1.165, 1.54) is 0 Å². The summed E-state index contributed by atoms with van der Waals surface area (Å²) in [7, 11) is 0. The third kappa shape index (κ3) is 3.71. The number of fused-ring (bicyclic) bond motifs is 1. The van der Waals surface area contributed by atoms with E-state index in [-0.39, 0.29) is 23.2 Å². The minimum absolute atomic E-state index is 0.0515. The van der Waals surface area contributed by atoms with Crippen molar-refractivity contribution in [1.29, 1.82) is 0 Å². The molecule has 5 heteroatoms. The van der Waals surface area contributed by atoms with Crippen molar-refractivity contribution in [2.75, 3.05) is 26.2 Å². The number of hydrogen-bond donors (Lipinski definition) is 2. The van der Waals surface area contributed by atoms with Crippen molar-refractivity contribution >= 4 is 5.91 Å². The van der Waals surface area contributed by atoms with E-state index in [1.807, 2.05) is 55.1 Å². The lowest BCUT2D eigenvalue weighted by atomic mass is 9.74. The number of phenolic OH excluding ortho intramolecular Hbond substituents is 1. The smallest absolute Gasteiger partial charge is 0.253 e. The highest BCUT2D eigenvalue weighted by atomic mass is 16.5. The van der Waals surface area contributed by atoms with Gasteiger partial charge in [0.2, 0.25) is 0 Å². The summed E-state index contributed by atoms with van der Waals surface area (Å²) >= 11 is 0.